The standard InChI is InChI=1S/C16H29N3O/c1-14(2)10-17-11-15-9-16(20-13-15)12-19-6-4-5-18(3)7-8-19/h9,13-14,17H,4-8,10-12H2,1-3H3. The van der Waals surface area contributed by atoms with E-state index in [-0.39, 0.29) is 0 Å². The molecule has 1 saturated heterocycles. The van der Waals surface area contributed by atoms with Crippen molar-refractivity contribution in [1.82, 2.24) is 15.1 Å². The highest BCUT2D eigenvalue weighted by Gasteiger charge is 2.13. The predicted octanol–water partition coefficient (Wildman–Crippen LogP) is 2.16. The van der Waals surface area contributed by atoms with E-state index in [2.05, 4.69) is 42.1 Å². The molecule has 1 aromatic rings. The fraction of sp³-hybridized carbons (Fsp3) is 0.750. The van der Waals surface area contributed by atoms with Crippen LogP contribution in [0.3, 0.4) is 0 Å². The minimum atomic E-state index is 0.690. The molecule has 1 aromatic heterocycles. The Morgan fingerprint density at radius 2 is 2.10 bits per heavy atom. The number of hydrogen-bond acceptors (Lipinski definition) is 4. The molecule has 0 aromatic carbocycles. The van der Waals surface area contributed by atoms with E-state index in [1.165, 1.54) is 25.1 Å². The van der Waals surface area contributed by atoms with Crippen LogP contribution in [0.25, 0.3) is 0 Å². The van der Waals surface area contributed by atoms with Gasteiger partial charge in [-0.25, -0.2) is 0 Å². The average molecular weight is 279 g/mol. The summed E-state index contributed by atoms with van der Waals surface area (Å²) in [5, 5.41) is 3.45. The summed E-state index contributed by atoms with van der Waals surface area (Å²) in [4.78, 5) is 4.90. The van der Waals surface area contributed by atoms with Crippen molar-refractivity contribution in [3.63, 3.8) is 0 Å². The van der Waals surface area contributed by atoms with Crippen molar-refractivity contribution >= 4 is 0 Å². The van der Waals surface area contributed by atoms with E-state index >= 15 is 0 Å². The third-order valence-electron chi connectivity index (χ3n) is 3.78. The van der Waals surface area contributed by atoms with E-state index in [0.717, 1.165) is 38.5 Å². The molecule has 0 unspecified atom stereocenters. The van der Waals surface area contributed by atoms with Gasteiger partial charge >= 0.3 is 0 Å². The number of nitrogens with one attached hydrogen (secondary N) is 1. The van der Waals surface area contributed by atoms with Crippen molar-refractivity contribution in [2.24, 2.45) is 5.92 Å². The smallest absolute Gasteiger partial charge is 0.118 e. The van der Waals surface area contributed by atoms with Crippen molar-refractivity contribution in [2.75, 3.05) is 39.8 Å². The zero-order valence-corrected chi connectivity index (χ0v) is 13.2. The maximum Gasteiger partial charge on any atom is 0.118 e. The maximum absolute atomic E-state index is 5.70. The summed E-state index contributed by atoms with van der Waals surface area (Å²) in [6.45, 7) is 12.0. The largest absolute Gasteiger partial charge is 0.468 e. The van der Waals surface area contributed by atoms with Crippen molar-refractivity contribution in [3.8, 4) is 0 Å². The fourth-order valence-corrected chi connectivity index (χ4v) is 2.59. The first kappa shape index (κ1) is 15.5. The molecule has 0 spiro atoms. The summed E-state index contributed by atoms with van der Waals surface area (Å²) >= 11 is 0. The minimum Gasteiger partial charge on any atom is -0.468 e. The Morgan fingerprint density at radius 3 is 2.90 bits per heavy atom. The highest BCUT2D eigenvalue weighted by molar-refractivity contribution is 5.12. The monoisotopic (exact) mass is 279 g/mol. The average Bonchev–Trinajstić information content (AvgIpc) is 2.72. The van der Waals surface area contributed by atoms with Crippen molar-refractivity contribution in [2.45, 2.75) is 33.4 Å². The molecule has 1 fully saturated rings. The SMILES string of the molecule is CC(C)CNCc1coc(CN2CCCN(C)CC2)c1. The Bertz CT molecular complexity index is 389. The predicted molar refractivity (Wildman–Crippen MR) is 82.6 cm³/mol. The van der Waals surface area contributed by atoms with Crippen LogP contribution < -0.4 is 5.32 Å². The molecule has 1 aliphatic rings. The Morgan fingerprint density at radius 1 is 1.25 bits per heavy atom. The Balaban J connectivity index is 1.77. The quantitative estimate of drug-likeness (QED) is 0.865. The van der Waals surface area contributed by atoms with Crippen LogP contribution in [0.2, 0.25) is 0 Å². The van der Waals surface area contributed by atoms with Crippen LogP contribution >= 0.6 is 0 Å². The van der Waals surface area contributed by atoms with Gasteiger partial charge in [-0.3, -0.25) is 4.90 Å². The molecule has 20 heavy (non-hydrogen) atoms. The summed E-state index contributed by atoms with van der Waals surface area (Å²) in [6, 6.07) is 2.20. The molecule has 0 atom stereocenters. The van der Waals surface area contributed by atoms with Gasteiger partial charge in [0.05, 0.1) is 12.8 Å². The van der Waals surface area contributed by atoms with Gasteiger partial charge in [0.25, 0.3) is 0 Å². The summed E-state index contributed by atoms with van der Waals surface area (Å²) < 4.78 is 5.70. The molecular formula is C16H29N3O. The van der Waals surface area contributed by atoms with Gasteiger partial charge in [-0.05, 0) is 45.1 Å². The summed E-state index contributed by atoms with van der Waals surface area (Å²) in [7, 11) is 2.20. The van der Waals surface area contributed by atoms with E-state index in [1.54, 1.807) is 0 Å². The third-order valence-corrected chi connectivity index (χ3v) is 3.78. The molecule has 1 N–H and O–H groups in total. The second-order valence-corrected chi connectivity index (χ2v) is 6.38. The van der Waals surface area contributed by atoms with Crippen molar-refractivity contribution in [3.05, 3.63) is 23.7 Å². The lowest BCUT2D eigenvalue weighted by Crippen LogP contribution is -2.28. The van der Waals surface area contributed by atoms with Gasteiger partial charge in [0.1, 0.15) is 5.76 Å². The van der Waals surface area contributed by atoms with E-state index in [1.807, 2.05) is 6.26 Å². The van der Waals surface area contributed by atoms with Crippen LogP contribution in [-0.4, -0.2) is 49.6 Å². The number of rotatable bonds is 6. The Kier molecular flexibility index (Phi) is 6.07. The molecule has 1 aliphatic heterocycles. The molecule has 2 heterocycles. The van der Waals surface area contributed by atoms with Gasteiger partial charge in [0.15, 0.2) is 0 Å². The first-order valence-electron chi connectivity index (χ1n) is 7.81. The molecule has 0 saturated carbocycles. The van der Waals surface area contributed by atoms with Gasteiger partial charge in [-0.15, -0.1) is 0 Å². The fourth-order valence-electron chi connectivity index (χ4n) is 2.59. The van der Waals surface area contributed by atoms with Crippen LogP contribution in [0, 0.1) is 5.92 Å². The molecule has 4 nitrogen and oxygen atoms in total. The van der Waals surface area contributed by atoms with E-state index in [4.69, 9.17) is 4.42 Å². The van der Waals surface area contributed by atoms with Crippen molar-refractivity contribution in [1.29, 1.82) is 0 Å². The number of nitrogens with zero attached hydrogens (tertiary/aromatic N) is 2. The number of likely N-dealkylation sites (N-methyl/N-ethyl adjacent to an activating group) is 1. The minimum absolute atomic E-state index is 0.690. The van der Waals surface area contributed by atoms with Gasteiger partial charge in [0.2, 0.25) is 0 Å². The summed E-state index contributed by atoms with van der Waals surface area (Å²) in [6.07, 6.45) is 3.15. The second kappa shape index (κ2) is 7.81. The molecule has 0 aliphatic carbocycles. The van der Waals surface area contributed by atoms with E-state index < -0.39 is 0 Å². The van der Waals surface area contributed by atoms with E-state index in [9.17, 15) is 0 Å². The van der Waals surface area contributed by atoms with Gasteiger partial charge in [-0.2, -0.15) is 0 Å². The first-order chi connectivity index (χ1) is 9.63. The molecule has 2 rings (SSSR count). The second-order valence-electron chi connectivity index (χ2n) is 6.38. The van der Waals surface area contributed by atoms with Crippen LogP contribution in [0.5, 0.6) is 0 Å². The van der Waals surface area contributed by atoms with Crippen LogP contribution in [0.1, 0.15) is 31.6 Å². The number of furan rings is 1. The lowest BCUT2D eigenvalue weighted by molar-refractivity contribution is 0.249. The summed E-state index contributed by atoms with van der Waals surface area (Å²) in [5.41, 5.74) is 1.26. The lowest BCUT2D eigenvalue weighted by Gasteiger charge is -2.18. The lowest BCUT2D eigenvalue weighted by atomic mass is 10.2. The molecule has 114 valence electrons. The van der Waals surface area contributed by atoms with Gasteiger partial charge < -0.3 is 14.6 Å². The van der Waals surface area contributed by atoms with E-state index in [0.29, 0.717) is 5.92 Å². The Hall–Kier alpha value is -0.840. The molecule has 4 heteroatoms. The van der Waals surface area contributed by atoms with Crippen LogP contribution in [0.4, 0.5) is 0 Å². The highest BCUT2D eigenvalue weighted by atomic mass is 16.3. The molecule has 0 bridgehead atoms. The van der Waals surface area contributed by atoms with Crippen LogP contribution in [0.15, 0.2) is 16.7 Å². The molecule has 0 radical (unpaired) electrons. The summed E-state index contributed by atoms with van der Waals surface area (Å²) in [5.74, 6) is 1.78. The first-order valence-corrected chi connectivity index (χ1v) is 7.81. The van der Waals surface area contributed by atoms with Gasteiger partial charge in [0, 0.05) is 25.2 Å². The highest BCUT2D eigenvalue weighted by Crippen LogP contribution is 2.12. The number of hydrogen-bond donors (Lipinski definition) is 1. The normalized spacial score (nSPS) is 18.6. The molecule has 0 amide bonds. The third kappa shape index (κ3) is 5.27. The Labute approximate surface area is 123 Å². The molecular weight excluding hydrogens is 250 g/mol. The zero-order valence-electron chi connectivity index (χ0n) is 13.2. The topological polar surface area (TPSA) is 31.7 Å². The zero-order chi connectivity index (χ0) is 14.4. The maximum atomic E-state index is 5.70. The van der Waals surface area contributed by atoms with Crippen molar-refractivity contribution < 1.29 is 4.42 Å². The van der Waals surface area contributed by atoms with Crippen LogP contribution in [-0.2, 0) is 13.1 Å². The van der Waals surface area contributed by atoms with Gasteiger partial charge in [-0.1, -0.05) is 13.8 Å².